The van der Waals surface area contributed by atoms with Gasteiger partial charge in [-0.25, -0.2) is 0 Å². The van der Waals surface area contributed by atoms with Crippen molar-refractivity contribution >= 4 is 17.4 Å². The molecular formula is C12H17ClN2O2. The fraction of sp³-hybridized carbons (Fsp3) is 0.667. The van der Waals surface area contributed by atoms with Gasteiger partial charge in [-0.2, -0.15) is 5.10 Å². The van der Waals surface area contributed by atoms with Crippen molar-refractivity contribution in [3.8, 4) is 0 Å². The Morgan fingerprint density at radius 2 is 2.00 bits per heavy atom. The summed E-state index contributed by atoms with van der Waals surface area (Å²) in [5.74, 6) is -0.288. The number of nitrogens with zero attached hydrogens (tertiary/aromatic N) is 2. The van der Waals surface area contributed by atoms with Crippen LogP contribution in [0.3, 0.4) is 0 Å². The van der Waals surface area contributed by atoms with Gasteiger partial charge in [0.2, 0.25) is 5.78 Å². The van der Waals surface area contributed by atoms with Crippen LogP contribution in [0.1, 0.15) is 49.0 Å². The predicted octanol–water partition coefficient (Wildman–Crippen LogP) is 2.34. The first-order valence-corrected chi connectivity index (χ1v) is 6.37. The molecule has 1 aliphatic rings. The van der Waals surface area contributed by atoms with Gasteiger partial charge in [-0.05, 0) is 12.8 Å². The second-order valence-electron chi connectivity index (χ2n) is 4.74. The summed E-state index contributed by atoms with van der Waals surface area (Å²) in [6.07, 6.45) is 6.41. The van der Waals surface area contributed by atoms with Gasteiger partial charge >= 0.3 is 0 Å². The Morgan fingerprint density at radius 1 is 1.41 bits per heavy atom. The minimum absolute atomic E-state index is 0.288. The van der Waals surface area contributed by atoms with Gasteiger partial charge in [0.15, 0.2) is 0 Å². The van der Waals surface area contributed by atoms with Crippen molar-refractivity contribution in [1.29, 1.82) is 0 Å². The number of aromatic nitrogens is 2. The zero-order valence-corrected chi connectivity index (χ0v) is 10.7. The van der Waals surface area contributed by atoms with Crippen molar-refractivity contribution in [2.24, 2.45) is 7.05 Å². The van der Waals surface area contributed by atoms with Gasteiger partial charge in [-0.15, -0.1) is 0 Å². The Kier molecular flexibility index (Phi) is 3.54. The van der Waals surface area contributed by atoms with Crippen LogP contribution in [-0.4, -0.2) is 26.3 Å². The van der Waals surface area contributed by atoms with E-state index in [0.717, 1.165) is 25.7 Å². The van der Waals surface area contributed by atoms with E-state index in [9.17, 15) is 9.90 Å². The Morgan fingerprint density at radius 3 is 2.47 bits per heavy atom. The van der Waals surface area contributed by atoms with Crippen LogP contribution in [0.5, 0.6) is 0 Å². The highest BCUT2D eigenvalue weighted by Gasteiger charge is 2.39. The van der Waals surface area contributed by atoms with E-state index in [0.29, 0.717) is 23.6 Å². The fourth-order valence-electron chi connectivity index (χ4n) is 2.43. The maximum absolute atomic E-state index is 12.4. The van der Waals surface area contributed by atoms with Gasteiger partial charge in [-0.3, -0.25) is 9.48 Å². The molecule has 1 aromatic heterocycles. The molecule has 0 saturated heterocycles. The number of Topliss-reactive ketones (excluding diaryl/α,β-unsaturated/α-hetero) is 1. The van der Waals surface area contributed by atoms with E-state index in [1.165, 1.54) is 10.9 Å². The summed E-state index contributed by atoms with van der Waals surface area (Å²) in [4.78, 5) is 12.4. The summed E-state index contributed by atoms with van der Waals surface area (Å²) in [7, 11) is 1.67. The highest BCUT2D eigenvalue weighted by atomic mass is 35.5. The quantitative estimate of drug-likeness (QED) is 0.653. The minimum Gasteiger partial charge on any atom is -0.382 e. The number of aliphatic hydroxyl groups is 1. The molecule has 0 bridgehead atoms. The summed E-state index contributed by atoms with van der Waals surface area (Å²) in [6, 6.07) is 0. The second-order valence-corrected chi connectivity index (χ2v) is 5.15. The molecule has 1 saturated carbocycles. The molecule has 0 unspecified atom stereocenters. The number of rotatable bonds is 2. The third-order valence-electron chi connectivity index (χ3n) is 3.46. The Bertz CT molecular complexity index is 401. The third-order valence-corrected chi connectivity index (χ3v) is 3.74. The summed E-state index contributed by atoms with van der Waals surface area (Å²) in [6.45, 7) is 0. The lowest BCUT2D eigenvalue weighted by Crippen LogP contribution is -2.39. The molecule has 0 atom stereocenters. The first-order valence-electron chi connectivity index (χ1n) is 5.99. The van der Waals surface area contributed by atoms with Crippen LogP contribution >= 0.6 is 11.6 Å². The van der Waals surface area contributed by atoms with Crippen molar-refractivity contribution in [1.82, 2.24) is 9.78 Å². The van der Waals surface area contributed by atoms with Crippen molar-refractivity contribution in [2.75, 3.05) is 0 Å². The molecule has 2 rings (SSSR count). The molecule has 94 valence electrons. The van der Waals surface area contributed by atoms with Gasteiger partial charge in [0.25, 0.3) is 0 Å². The number of aryl methyl sites for hydroxylation is 1. The van der Waals surface area contributed by atoms with Crippen molar-refractivity contribution < 1.29 is 9.90 Å². The van der Waals surface area contributed by atoms with E-state index < -0.39 is 5.60 Å². The number of hydrogen-bond acceptors (Lipinski definition) is 3. The molecule has 5 heteroatoms. The van der Waals surface area contributed by atoms with Crippen molar-refractivity contribution in [3.63, 3.8) is 0 Å². The van der Waals surface area contributed by atoms with Crippen LogP contribution in [0, 0.1) is 0 Å². The smallest absolute Gasteiger partial charge is 0.213 e. The lowest BCUT2D eigenvalue weighted by Gasteiger charge is -2.24. The second kappa shape index (κ2) is 4.78. The van der Waals surface area contributed by atoms with Crippen LogP contribution < -0.4 is 0 Å². The van der Waals surface area contributed by atoms with E-state index in [1.807, 2.05) is 0 Å². The molecule has 0 amide bonds. The van der Waals surface area contributed by atoms with E-state index in [4.69, 9.17) is 11.6 Å². The van der Waals surface area contributed by atoms with Crippen molar-refractivity contribution in [2.45, 2.75) is 44.1 Å². The molecule has 4 nitrogen and oxygen atoms in total. The molecule has 0 spiro atoms. The summed E-state index contributed by atoms with van der Waals surface area (Å²) < 4.78 is 1.44. The van der Waals surface area contributed by atoms with E-state index >= 15 is 0 Å². The lowest BCUT2D eigenvalue weighted by atomic mass is 9.88. The highest BCUT2D eigenvalue weighted by molar-refractivity contribution is 6.34. The Labute approximate surface area is 106 Å². The molecule has 1 N–H and O–H groups in total. The molecule has 1 heterocycles. The van der Waals surface area contributed by atoms with Crippen LogP contribution in [0.2, 0.25) is 5.02 Å². The molecular weight excluding hydrogens is 240 g/mol. The lowest BCUT2D eigenvalue weighted by molar-refractivity contribution is 0.0229. The molecule has 1 aromatic rings. The predicted molar refractivity (Wildman–Crippen MR) is 65.2 cm³/mol. The van der Waals surface area contributed by atoms with Crippen LogP contribution in [0.25, 0.3) is 0 Å². The normalized spacial score (nSPS) is 19.9. The van der Waals surface area contributed by atoms with Gasteiger partial charge < -0.3 is 5.11 Å². The van der Waals surface area contributed by atoms with E-state index in [1.54, 1.807) is 7.05 Å². The standard InChI is InChI=1S/C12H17ClN2O2/c1-15-10(9(13)8-14-15)11(16)12(17)6-4-2-3-5-7-12/h8,17H,2-7H2,1H3. The zero-order chi connectivity index (χ0) is 12.5. The first-order chi connectivity index (χ1) is 8.04. The maximum atomic E-state index is 12.4. The number of carbonyl (C=O) groups excluding carboxylic acids is 1. The maximum Gasteiger partial charge on any atom is 0.213 e. The van der Waals surface area contributed by atoms with Gasteiger partial charge in [0, 0.05) is 7.05 Å². The summed E-state index contributed by atoms with van der Waals surface area (Å²) in [5.41, 5.74) is -0.940. The monoisotopic (exact) mass is 256 g/mol. The molecule has 0 aliphatic heterocycles. The number of carbonyl (C=O) groups is 1. The first kappa shape index (κ1) is 12.6. The van der Waals surface area contributed by atoms with Crippen molar-refractivity contribution in [3.05, 3.63) is 16.9 Å². The topological polar surface area (TPSA) is 55.1 Å². The van der Waals surface area contributed by atoms with Gasteiger partial charge in [0.1, 0.15) is 11.3 Å². The van der Waals surface area contributed by atoms with Crippen LogP contribution in [0.4, 0.5) is 0 Å². The number of hydrogen-bond donors (Lipinski definition) is 1. The van der Waals surface area contributed by atoms with Gasteiger partial charge in [-0.1, -0.05) is 37.3 Å². The average molecular weight is 257 g/mol. The minimum atomic E-state index is -1.26. The average Bonchev–Trinajstić information content (AvgIpc) is 2.52. The number of halogens is 1. The fourth-order valence-corrected chi connectivity index (χ4v) is 2.68. The molecule has 1 aliphatic carbocycles. The van der Waals surface area contributed by atoms with E-state index in [-0.39, 0.29) is 5.78 Å². The third kappa shape index (κ3) is 2.38. The summed E-state index contributed by atoms with van der Waals surface area (Å²) >= 11 is 5.95. The van der Waals surface area contributed by atoms with E-state index in [2.05, 4.69) is 5.10 Å². The molecule has 0 radical (unpaired) electrons. The van der Waals surface area contributed by atoms with Crippen LogP contribution in [-0.2, 0) is 7.05 Å². The Hall–Kier alpha value is -0.870. The largest absolute Gasteiger partial charge is 0.382 e. The zero-order valence-electron chi connectivity index (χ0n) is 9.95. The SMILES string of the molecule is Cn1ncc(Cl)c1C(=O)C1(O)CCCCCC1. The summed E-state index contributed by atoms with van der Waals surface area (Å²) in [5, 5.41) is 14.7. The van der Waals surface area contributed by atoms with Crippen LogP contribution in [0.15, 0.2) is 6.20 Å². The van der Waals surface area contributed by atoms with Gasteiger partial charge in [0.05, 0.1) is 11.2 Å². The Balaban J connectivity index is 2.29. The molecule has 17 heavy (non-hydrogen) atoms. The molecule has 1 fully saturated rings. The number of ketones is 1. The highest BCUT2D eigenvalue weighted by Crippen LogP contribution is 2.31. The molecule has 0 aromatic carbocycles.